The van der Waals surface area contributed by atoms with Crippen LogP contribution >= 0.6 is 0 Å². The Morgan fingerprint density at radius 2 is 1.81 bits per heavy atom. The Kier molecular flexibility index (Phi) is 12.4. The molecule has 0 aliphatic carbocycles. The standard InChI is InChI=1S/C13H26O3/c1-2-3-4-5-6-7-8-9-10-16-12-13(15)11-14/h2-3,13-15H,4-12H2,1H3/b3-2+. The van der Waals surface area contributed by atoms with Crippen LogP contribution in [0.2, 0.25) is 0 Å². The minimum atomic E-state index is -0.721. The molecule has 0 spiro atoms. The van der Waals surface area contributed by atoms with Crippen LogP contribution in [0.4, 0.5) is 0 Å². The van der Waals surface area contributed by atoms with Gasteiger partial charge in [-0.2, -0.15) is 0 Å². The molecule has 0 saturated heterocycles. The van der Waals surface area contributed by atoms with Gasteiger partial charge in [0.25, 0.3) is 0 Å². The van der Waals surface area contributed by atoms with Crippen LogP contribution in [0.5, 0.6) is 0 Å². The smallest absolute Gasteiger partial charge is 0.100 e. The summed E-state index contributed by atoms with van der Waals surface area (Å²) in [5.74, 6) is 0. The second-order valence-corrected chi connectivity index (χ2v) is 4.04. The van der Waals surface area contributed by atoms with E-state index in [1.165, 1.54) is 32.1 Å². The maximum atomic E-state index is 9.00. The predicted octanol–water partition coefficient (Wildman–Crippen LogP) is 2.27. The van der Waals surface area contributed by atoms with E-state index in [0.29, 0.717) is 6.61 Å². The molecule has 3 heteroatoms. The van der Waals surface area contributed by atoms with E-state index in [-0.39, 0.29) is 13.2 Å². The molecular weight excluding hydrogens is 204 g/mol. The number of hydrogen-bond acceptors (Lipinski definition) is 3. The highest BCUT2D eigenvalue weighted by atomic mass is 16.5. The maximum absolute atomic E-state index is 9.00. The van der Waals surface area contributed by atoms with Crippen LogP contribution in [0.25, 0.3) is 0 Å². The van der Waals surface area contributed by atoms with Crippen molar-refractivity contribution in [2.45, 2.75) is 51.6 Å². The van der Waals surface area contributed by atoms with E-state index < -0.39 is 6.10 Å². The molecule has 2 N–H and O–H groups in total. The first-order valence-corrected chi connectivity index (χ1v) is 6.29. The SMILES string of the molecule is C/C=C/CCCCCCCOCC(O)CO. The molecular formula is C13H26O3. The monoisotopic (exact) mass is 230 g/mol. The minimum Gasteiger partial charge on any atom is -0.394 e. The average Bonchev–Trinajstić information content (AvgIpc) is 2.31. The number of ether oxygens (including phenoxy) is 1. The summed E-state index contributed by atoms with van der Waals surface area (Å²) >= 11 is 0. The van der Waals surface area contributed by atoms with Gasteiger partial charge >= 0.3 is 0 Å². The summed E-state index contributed by atoms with van der Waals surface area (Å²) in [6.07, 6.45) is 10.8. The van der Waals surface area contributed by atoms with E-state index >= 15 is 0 Å². The number of allylic oxidation sites excluding steroid dienone is 2. The third kappa shape index (κ3) is 11.7. The zero-order valence-corrected chi connectivity index (χ0v) is 10.4. The molecule has 0 fully saturated rings. The Hall–Kier alpha value is -0.380. The first-order valence-electron chi connectivity index (χ1n) is 6.29. The van der Waals surface area contributed by atoms with Gasteiger partial charge in [-0.15, -0.1) is 0 Å². The van der Waals surface area contributed by atoms with Crippen molar-refractivity contribution in [3.8, 4) is 0 Å². The van der Waals surface area contributed by atoms with Crippen LogP contribution in [0, 0.1) is 0 Å². The number of aliphatic hydroxyl groups is 2. The van der Waals surface area contributed by atoms with Gasteiger partial charge < -0.3 is 14.9 Å². The van der Waals surface area contributed by atoms with E-state index in [9.17, 15) is 0 Å². The Bertz CT molecular complexity index is 157. The second-order valence-electron chi connectivity index (χ2n) is 4.04. The lowest BCUT2D eigenvalue weighted by molar-refractivity contribution is 0.00526. The zero-order chi connectivity index (χ0) is 12.1. The van der Waals surface area contributed by atoms with Crippen LogP contribution in [-0.4, -0.2) is 36.1 Å². The lowest BCUT2D eigenvalue weighted by Gasteiger charge is -2.07. The fraction of sp³-hybridized carbons (Fsp3) is 0.846. The molecule has 0 aromatic heterocycles. The normalized spacial score (nSPS) is 13.4. The van der Waals surface area contributed by atoms with E-state index in [1.807, 2.05) is 0 Å². The number of hydrogen-bond donors (Lipinski definition) is 2. The van der Waals surface area contributed by atoms with Crippen molar-refractivity contribution >= 4 is 0 Å². The van der Waals surface area contributed by atoms with Crippen molar-refractivity contribution in [3.05, 3.63) is 12.2 Å². The van der Waals surface area contributed by atoms with Crippen LogP contribution in [0.15, 0.2) is 12.2 Å². The summed E-state index contributed by atoms with van der Waals surface area (Å²) in [6.45, 7) is 2.77. The molecule has 0 rings (SSSR count). The van der Waals surface area contributed by atoms with Gasteiger partial charge in [0.15, 0.2) is 0 Å². The molecule has 0 aromatic rings. The van der Waals surface area contributed by atoms with Crippen LogP contribution in [-0.2, 0) is 4.74 Å². The highest BCUT2D eigenvalue weighted by Crippen LogP contribution is 2.06. The molecule has 0 bridgehead atoms. The molecule has 96 valence electrons. The van der Waals surface area contributed by atoms with Gasteiger partial charge in [-0.05, 0) is 26.2 Å². The molecule has 1 unspecified atom stereocenters. The lowest BCUT2D eigenvalue weighted by Crippen LogP contribution is -2.19. The predicted molar refractivity (Wildman–Crippen MR) is 66.4 cm³/mol. The quantitative estimate of drug-likeness (QED) is 0.423. The van der Waals surface area contributed by atoms with E-state index in [0.717, 1.165) is 6.42 Å². The third-order valence-electron chi connectivity index (χ3n) is 2.42. The second kappa shape index (κ2) is 12.7. The van der Waals surface area contributed by atoms with Crippen LogP contribution in [0.1, 0.15) is 45.4 Å². The Morgan fingerprint density at radius 1 is 1.12 bits per heavy atom. The van der Waals surface area contributed by atoms with Gasteiger partial charge in [-0.1, -0.05) is 31.4 Å². The van der Waals surface area contributed by atoms with Crippen molar-refractivity contribution in [1.29, 1.82) is 0 Å². The van der Waals surface area contributed by atoms with Crippen molar-refractivity contribution in [2.24, 2.45) is 0 Å². The van der Waals surface area contributed by atoms with Crippen molar-refractivity contribution in [1.82, 2.24) is 0 Å². The number of rotatable bonds is 11. The molecule has 0 aliphatic rings. The number of unbranched alkanes of at least 4 members (excludes halogenated alkanes) is 5. The largest absolute Gasteiger partial charge is 0.394 e. The van der Waals surface area contributed by atoms with Crippen LogP contribution in [0.3, 0.4) is 0 Å². The minimum absolute atomic E-state index is 0.217. The molecule has 0 aromatic carbocycles. The van der Waals surface area contributed by atoms with Crippen LogP contribution < -0.4 is 0 Å². The Balaban J connectivity index is 2.98. The summed E-state index contributed by atoms with van der Waals surface area (Å²) in [6, 6.07) is 0. The van der Waals surface area contributed by atoms with Crippen molar-refractivity contribution < 1.29 is 14.9 Å². The molecule has 0 aliphatic heterocycles. The first kappa shape index (κ1) is 15.6. The average molecular weight is 230 g/mol. The lowest BCUT2D eigenvalue weighted by atomic mass is 10.1. The molecule has 1 atom stereocenters. The summed E-state index contributed by atoms with van der Waals surface area (Å²) < 4.78 is 5.21. The fourth-order valence-corrected chi connectivity index (χ4v) is 1.44. The highest BCUT2D eigenvalue weighted by Gasteiger charge is 2.00. The Labute approximate surface area is 99.1 Å². The third-order valence-corrected chi connectivity index (χ3v) is 2.42. The van der Waals surface area contributed by atoms with Gasteiger partial charge in [0, 0.05) is 6.61 Å². The summed E-state index contributed by atoms with van der Waals surface area (Å²) in [4.78, 5) is 0. The molecule has 0 amide bonds. The molecule has 16 heavy (non-hydrogen) atoms. The van der Waals surface area contributed by atoms with Gasteiger partial charge in [0.2, 0.25) is 0 Å². The number of aliphatic hydroxyl groups excluding tert-OH is 2. The van der Waals surface area contributed by atoms with Gasteiger partial charge in [-0.25, -0.2) is 0 Å². The molecule has 0 radical (unpaired) electrons. The fourth-order valence-electron chi connectivity index (χ4n) is 1.44. The maximum Gasteiger partial charge on any atom is 0.100 e. The zero-order valence-electron chi connectivity index (χ0n) is 10.4. The summed E-state index contributed by atoms with van der Waals surface area (Å²) in [5, 5.41) is 17.5. The van der Waals surface area contributed by atoms with E-state index in [1.54, 1.807) is 0 Å². The van der Waals surface area contributed by atoms with Gasteiger partial charge in [-0.3, -0.25) is 0 Å². The van der Waals surface area contributed by atoms with Crippen molar-refractivity contribution in [2.75, 3.05) is 19.8 Å². The molecule has 0 saturated carbocycles. The Morgan fingerprint density at radius 3 is 2.50 bits per heavy atom. The van der Waals surface area contributed by atoms with Gasteiger partial charge in [0.05, 0.1) is 13.2 Å². The topological polar surface area (TPSA) is 49.7 Å². The van der Waals surface area contributed by atoms with Crippen molar-refractivity contribution in [3.63, 3.8) is 0 Å². The van der Waals surface area contributed by atoms with E-state index in [4.69, 9.17) is 14.9 Å². The molecule has 0 heterocycles. The molecule has 3 nitrogen and oxygen atoms in total. The van der Waals surface area contributed by atoms with E-state index in [2.05, 4.69) is 19.1 Å². The van der Waals surface area contributed by atoms with Gasteiger partial charge in [0.1, 0.15) is 6.10 Å². The summed E-state index contributed by atoms with van der Waals surface area (Å²) in [5.41, 5.74) is 0. The highest BCUT2D eigenvalue weighted by molar-refractivity contribution is 4.76. The summed E-state index contributed by atoms with van der Waals surface area (Å²) in [7, 11) is 0. The first-order chi connectivity index (χ1) is 7.81.